The Morgan fingerprint density at radius 2 is 0.697 bits per heavy atom. The van der Waals surface area contributed by atoms with Crippen LogP contribution in [0, 0.1) is 12.7 Å². The largest absolute Gasteiger partial charge is 0.433 e. The highest BCUT2D eigenvalue weighted by molar-refractivity contribution is 6.18. The van der Waals surface area contributed by atoms with Gasteiger partial charge in [-0.05, 0) is 265 Å². The minimum absolute atomic E-state index is 0.0200. The number of hydrogen-bond acceptors (Lipinski definition) is 17. The van der Waals surface area contributed by atoms with Gasteiger partial charge in [0.05, 0.1) is 161 Å². The molecule has 0 atom stereocenters. The van der Waals surface area contributed by atoms with Gasteiger partial charge in [0.2, 0.25) is 0 Å². The third-order valence-corrected chi connectivity index (χ3v) is 28.5. The normalized spacial score (nSPS) is 15.2. The molecule has 41 heteroatoms. The second-order valence-electron chi connectivity index (χ2n) is 36.9. The standard InChI is InChI=1S/C23H23F3N6.C21H17N5.C20H17F3N6O.C19H16F3N5.C18H13F4N5/c24-23(25,26)22-16(12-28-31-22)20-14-7-3-2-6-13(14)19-15-11-27-30-17(15)10-18(21(19)29-20)32-8-4-1-5-9-32;1-2-4-15-14(3-1)20-16-11-23-26-18(16)7-8-19(20)24-21(15)12-5-6-17-13(9-12)10-22-25-17;1-24-19(30)17-15-13(27-28-17)7-6-12-14(15)9-4-2-3-5-10(9)16(26-12)11-8-25-29-18(11)20(21,22)23;1-9-15-14(26-25-9)7-6-13-16(15)10-4-2-3-5-11(10)17(24-13)12-8-23-27-18(12)19(20,21)22;19-12-5-13-10(6-23-26-13)14-8-3-1-2-4-9(8)15(25-16(12)14)11-7-24-27-17(11)18(20,21)22/h10-12H,1-9H2,(H,27,30)(H,28,31);5-11H,1-4H2,(H,22,25)(H,23,26);6-8H,2-5H2,1H3,(H,24,30)(H,25,29)(H,27,28);6-8H,2-5H2,1H3,(H,23,27)(H,25,26);5-7H,1-4H2,(H,23,26)(H,24,27). The second kappa shape index (κ2) is 35.3. The molecule has 0 spiro atoms. The van der Waals surface area contributed by atoms with Crippen molar-refractivity contribution in [3.63, 3.8) is 0 Å². The van der Waals surface area contributed by atoms with E-state index in [1.165, 1.54) is 78.4 Å². The number of aryl methyl sites for hydroxylation is 6. The first-order valence-electron chi connectivity index (χ1n) is 47.2. The van der Waals surface area contributed by atoms with Crippen LogP contribution in [0.5, 0.6) is 0 Å². The van der Waals surface area contributed by atoms with Crippen molar-refractivity contribution < 1.29 is 61.9 Å². The summed E-state index contributed by atoms with van der Waals surface area (Å²) in [6, 6.07) is 21.1. The van der Waals surface area contributed by atoms with Gasteiger partial charge in [-0.25, -0.2) is 29.3 Å². The van der Waals surface area contributed by atoms with Gasteiger partial charge in [0.25, 0.3) is 5.91 Å². The Kier molecular flexibility index (Phi) is 22.4. The number of piperidine rings is 1. The lowest BCUT2D eigenvalue weighted by atomic mass is 9.85. The third kappa shape index (κ3) is 15.7. The number of fused-ring (bicyclic) bond motifs is 26. The molecule has 1 amide bonds. The van der Waals surface area contributed by atoms with Crippen molar-refractivity contribution in [2.45, 2.75) is 179 Å². The van der Waals surface area contributed by atoms with E-state index in [0.717, 1.165) is 242 Å². The molecule has 16 heterocycles. The number of H-pyrrole nitrogens is 10. The van der Waals surface area contributed by atoms with Crippen LogP contribution in [-0.2, 0) is 88.9 Å². The number of benzene rings is 6. The van der Waals surface area contributed by atoms with E-state index in [2.05, 4.69) is 158 Å². The summed E-state index contributed by atoms with van der Waals surface area (Å²) in [5.41, 5.74) is 20.4. The van der Waals surface area contributed by atoms with Crippen LogP contribution in [0.1, 0.15) is 178 Å². The number of carbonyl (C=O) groups is 1. The van der Waals surface area contributed by atoms with Crippen LogP contribution in [0.4, 0.5) is 62.8 Å². The average Bonchev–Trinajstić information content (AvgIpc) is 1.76. The Bertz CT molecular complexity index is 8560. The van der Waals surface area contributed by atoms with E-state index in [1.54, 1.807) is 18.3 Å². The molecule has 1 aliphatic heterocycles. The Labute approximate surface area is 794 Å². The predicted molar refractivity (Wildman–Crippen MR) is 510 cm³/mol. The molecule has 142 heavy (non-hydrogen) atoms. The number of hydrogen-bond donors (Lipinski definition) is 11. The highest BCUT2D eigenvalue weighted by atomic mass is 19.4. The molecule has 0 bridgehead atoms. The van der Waals surface area contributed by atoms with E-state index in [1.807, 2.05) is 42.7 Å². The summed E-state index contributed by atoms with van der Waals surface area (Å²) in [5, 5.41) is 78.9. The fourth-order valence-corrected chi connectivity index (χ4v) is 22.3. The topological polar surface area (TPSA) is 384 Å². The Morgan fingerprint density at radius 1 is 0.324 bits per heavy atom. The molecule has 0 radical (unpaired) electrons. The number of alkyl halides is 12. The predicted octanol–water partition coefficient (Wildman–Crippen LogP) is 22.9. The van der Waals surface area contributed by atoms with Crippen LogP contribution >= 0.6 is 0 Å². The number of aromatic amines is 10. The van der Waals surface area contributed by atoms with Crippen LogP contribution in [-0.4, -0.2) is 153 Å². The summed E-state index contributed by atoms with van der Waals surface area (Å²) in [6.45, 7) is 3.79. The SMILES string of the molecule is CNC(=O)c1n[nH]c2ccc3nc(-c4cn[nH]c4C(F)(F)F)c4c(c3c12)CCCC4.Cc1[nH]nc2ccc3nc(-c4cn[nH]c4C(F)(F)F)c4c(c3c12)CCCC4.FC(F)(F)c1[nH]ncc1-c1nc2c(N3CCCCC3)cc3[nH]ncc3c2c2c1CCCC2.Fc1cc2[nH]ncc2c2c3c(c(-c4cn[nH]c4C(F)(F)F)nc12)CCCC3.c1cc2[nH]ncc2cc1-c1nc2ccc3[nH]ncc3c2c2c1CCCC2. The Hall–Kier alpha value is -15.6. The number of amides is 1. The quantitative estimate of drug-likeness (QED) is 0.0660. The minimum Gasteiger partial charge on any atom is -0.370 e. The van der Waals surface area contributed by atoms with Gasteiger partial charge in [-0.1, -0.05) is 6.07 Å². The Balaban J connectivity index is 0.0000000988. The molecule has 28 nitrogen and oxygen atoms in total. The van der Waals surface area contributed by atoms with Gasteiger partial charge in [-0.15, -0.1) is 0 Å². The summed E-state index contributed by atoms with van der Waals surface area (Å²) in [4.78, 5) is 38.4. The summed E-state index contributed by atoms with van der Waals surface area (Å²) < 4.78 is 177. The van der Waals surface area contributed by atoms with E-state index >= 15 is 0 Å². The number of anilines is 1. The van der Waals surface area contributed by atoms with Gasteiger partial charge in [0.15, 0.2) is 11.5 Å². The average molecular weight is 1940 g/mol. The summed E-state index contributed by atoms with van der Waals surface area (Å²) in [6.07, 6.45) is 14.9. The van der Waals surface area contributed by atoms with Gasteiger partial charge in [-0.3, -0.25) is 55.8 Å². The van der Waals surface area contributed by atoms with E-state index in [-0.39, 0.29) is 45.1 Å². The van der Waals surface area contributed by atoms with Crippen molar-refractivity contribution in [3.05, 3.63) is 212 Å². The zero-order valence-electron chi connectivity index (χ0n) is 76.1. The smallest absolute Gasteiger partial charge is 0.370 e. The monoisotopic (exact) mass is 1940 g/mol. The number of halogens is 13. The maximum Gasteiger partial charge on any atom is 0.433 e. The molecular weight excluding hydrogens is 1850 g/mol. The zero-order chi connectivity index (χ0) is 97.5. The lowest BCUT2D eigenvalue weighted by Crippen LogP contribution is -2.29. The highest BCUT2D eigenvalue weighted by Gasteiger charge is 2.43. The van der Waals surface area contributed by atoms with E-state index in [0.29, 0.717) is 88.4 Å². The molecular formula is C101H86F13N27O. The van der Waals surface area contributed by atoms with Crippen LogP contribution < -0.4 is 10.2 Å². The molecule has 27 rings (SSSR count). The molecule has 15 aromatic heterocycles. The first-order chi connectivity index (χ1) is 68.7. The Morgan fingerprint density at radius 3 is 1.20 bits per heavy atom. The number of rotatable bonds is 7. The first kappa shape index (κ1) is 90.2. The van der Waals surface area contributed by atoms with Gasteiger partial charge in [-0.2, -0.15) is 104 Å². The van der Waals surface area contributed by atoms with Crippen molar-refractivity contribution >= 4 is 132 Å². The molecule has 11 N–H and O–H groups in total. The van der Waals surface area contributed by atoms with Gasteiger partial charge in [0, 0.05) is 96.7 Å². The third-order valence-electron chi connectivity index (χ3n) is 28.5. The molecule has 0 saturated carbocycles. The maximum atomic E-state index is 14.8. The fourth-order valence-electron chi connectivity index (χ4n) is 22.3. The molecule has 0 unspecified atom stereocenters. The molecule has 6 aliphatic rings. The van der Waals surface area contributed by atoms with E-state index in [9.17, 15) is 61.9 Å². The van der Waals surface area contributed by atoms with Crippen molar-refractivity contribution in [2.24, 2.45) is 0 Å². The van der Waals surface area contributed by atoms with Crippen LogP contribution in [0.2, 0.25) is 0 Å². The van der Waals surface area contributed by atoms with Gasteiger partial charge in [0.1, 0.15) is 28.3 Å². The van der Waals surface area contributed by atoms with Crippen molar-refractivity contribution in [2.75, 3.05) is 25.0 Å². The lowest BCUT2D eigenvalue weighted by molar-refractivity contribution is -0.141. The highest BCUT2D eigenvalue weighted by Crippen LogP contribution is 2.51. The van der Waals surface area contributed by atoms with Gasteiger partial charge < -0.3 is 10.2 Å². The molecule has 722 valence electrons. The zero-order valence-corrected chi connectivity index (χ0v) is 76.1. The number of nitrogens with one attached hydrogen (secondary N) is 11. The first-order valence-corrected chi connectivity index (χ1v) is 47.2. The van der Waals surface area contributed by atoms with E-state index < -0.39 is 53.3 Å². The maximum absolute atomic E-state index is 14.8. The number of carbonyl (C=O) groups excluding carboxylic acids is 1. The minimum atomic E-state index is -4.60. The lowest BCUT2D eigenvalue weighted by Gasteiger charge is -2.31. The van der Waals surface area contributed by atoms with Gasteiger partial charge >= 0.3 is 24.7 Å². The molecule has 6 aromatic carbocycles. The number of aromatic nitrogens is 25. The molecule has 1 fully saturated rings. The fraction of sp³-hybridized carbons (Fsp3) is 0.307. The number of nitrogens with zero attached hydrogens (tertiary/aromatic N) is 16. The van der Waals surface area contributed by atoms with Crippen molar-refractivity contribution in [3.8, 4) is 56.3 Å². The van der Waals surface area contributed by atoms with Crippen LogP contribution in [0.25, 0.3) is 176 Å². The van der Waals surface area contributed by atoms with Crippen LogP contribution in [0.15, 0.2) is 116 Å². The summed E-state index contributed by atoms with van der Waals surface area (Å²) >= 11 is 0. The summed E-state index contributed by atoms with van der Waals surface area (Å²) in [7, 11) is 1.53. The van der Waals surface area contributed by atoms with Crippen molar-refractivity contribution in [1.29, 1.82) is 0 Å². The molecule has 21 aromatic rings. The number of pyridine rings is 5. The van der Waals surface area contributed by atoms with Crippen molar-refractivity contribution in [1.82, 2.24) is 132 Å². The molecule has 5 aliphatic carbocycles. The summed E-state index contributed by atoms with van der Waals surface area (Å²) in [5.74, 6) is -0.926. The molecule has 1 saturated heterocycles. The van der Waals surface area contributed by atoms with E-state index in [4.69, 9.17) is 9.97 Å². The van der Waals surface area contributed by atoms with Crippen LogP contribution in [0.3, 0.4) is 0 Å². The second-order valence-corrected chi connectivity index (χ2v) is 36.9.